The average molecular weight is 368 g/mol. The Morgan fingerprint density at radius 2 is 2.00 bits per heavy atom. The second kappa shape index (κ2) is 7.19. The standard InChI is InChI=1S/C21H28N4O2/c1-7-15-18(12-21(2,3)4)23-24-19(15)17-11-14-10-13(8-9-16(14)22-17)20(26)25(5)27-6/h8-11,22H,7,12H2,1-6H3,(H,23,24). The van der Waals surface area contributed by atoms with Gasteiger partial charge in [0.1, 0.15) is 5.69 Å². The third-order valence-electron chi connectivity index (χ3n) is 4.70. The van der Waals surface area contributed by atoms with Crippen LogP contribution in [0.15, 0.2) is 24.3 Å². The highest BCUT2D eigenvalue weighted by Gasteiger charge is 2.20. The van der Waals surface area contributed by atoms with Crippen LogP contribution in [0.1, 0.15) is 49.3 Å². The summed E-state index contributed by atoms with van der Waals surface area (Å²) in [5.41, 5.74) is 6.10. The van der Waals surface area contributed by atoms with E-state index in [1.807, 2.05) is 12.1 Å². The van der Waals surface area contributed by atoms with Gasteiger partial charge in [0.15, 0.2) is 0 Å². The first kappa shape index (κ1) is 19.2. The van der Waals surface area contributed by atoms with Gasteiger partial charge in [-0.2, -0.15) is 5.10 Å². The number of nitrogens with one attached hydrogen (secondary N) is 2. The van der Waals surface area contributed by atoms with Gasteiger partial charge in [-0.25, -0.2) is 5.06 Å². The van der Waals surface area contributed by atoms with E-state index in [2.05, 4.69) is 48.9 Å². The molecular formula is C21H28N4O2. The molecule has 2 N–H and O–H groups in total. The van der Waals surface area contributed by atoms with Gasteiger partial charge in [0, 0.05) is 34.8 Å². The van der Waals surface area contributed by atoms with Crippen LogP contribution in [0.2, 0.25) is 0 Å². The van der Waals surface area contributed by atoms with Gasteiger partial charge >= 0.3 is 0 Å². The van der Waals surface area contributed by atoms with Crippen molar-refractivity contribution in [2.75, 3.05) is 14.2 Å². The van der Waals surface area contributed by atoms with Crippen molar-refractivity contribution in [3.05, 3.63) is 41.1 Å². The number of H-pyrrole nitrogens is 2. The number of benzene rings is 1. The number of amides is 1. The summed E-state index contributed by atoms with van der Waals surface area (Å²) in [4.78, 5) is 20.7. The summed E-state index contributed by atoms with van der Waals surface area (Å²) in [6.45, 7) is 8.84. The fourth-order valence-corrected chi connectivity index (χ4v) is 3.34. The van der Waals surface area contributed by atoms with Crippen LogP contribution in [0.5, 0.6) is 0 Å². The van der Waals surface area contributed by atoms with Gasteiger partial charge in [0.05, 0.1) is 12.8 Å². The molecule has 2 heterocycles. The average Bonchev–Trinajstić information content (AvgIpc) is 3.21. The number of aromatic nitrogens is 3. The van der Waals surface area contributed by atoms with Gasteiger partial charge in [-0.15, -0.1) is 0 Å². The monoisotopic (exact) mass is 368 g/mol. The minimum Gasteiger partial charge on any atom is -0.353 e. The maximum absolute atomic E-state index is 12.3. The predicted molar refractivity (Wildman–Crippen MR) is 108 cm³/mol. The van der Waals surface area contributed by atoms with Crippen molar-refractivity contribution in [2.24, 2.45) is 5.41 Å². The quantitative estimate of drug-likeness (QED) is 0.658. The maximum atomic E-state index is 12.3. The van der Waals surface area contributed by atoms with E-state index in [1.54, 1.807) is 13.1 Å². The molecule has 0 saturated heterocycles. The molecule has 3 rings (SSSR count). The largest absolute Gasteiger partial charge is 0.353 e. The number of aromatic amines is 2. The lowest BCUT2D eigenvalue weighted by molar-refractivity contribution is -0.0756. The Labute approximate surface area is 159 Å². The van der Waals surface area contributed by atoms with Gasteiger partial charge in [-0.05, 0) is 42.5 Å². The molecule has 0 aliphatic heterocycles. The van der Waals surface area contributed by atoms with Crippen molar-refractivity contribution in [1.82, 2.24) is 20.2 Å². The van der Waals surface area contributed by atoms with E-state index in [9.17, 15) is 4.79 Å². The zero-order valence-corrected chi connectivity index (χ0v) is 16.9. The molecule has 2 aromatic heterocycles. The highest BCUT2D eigenvalue weighted by molar-refractivity contribution is 5.98. The Kier molecular flexibility index (Phi) is 5.11. The van der Waals surface area contributed by atoms with Crippen LogP contribution in [-0.4, -0.2) is 40.3 Å². The molecule has 6 nitrogen and oxygen atoms in total. The third-order valence-corrected chi connectivity index (χ3v) is 4.70. The number of hydrogen-bond donors (Lipinski definition) is 2. The third kappa shape index (κ3) is 3.90. The summed E-state index contributed by atoms with van der Waals surface area (Å²) in [5.74, 6) is -0.177. The molecule has 1 amide bonds. The molecule has 0 unspecified atom stereocenters. The highest BCUT2D eigenvalue weighted by Crippen LogP contribution is 2.30. The summed E-state index contributed by atoms with van der Waals surface area (Å²) < 4.78 is 0. The molecule has 0 aliphatic carbocycles. The second-order valence-corrected chi connectivity index (χ2v) is 8.09. The Hall–Kier alpha value is -2.60. The summed E-state index contributed by atoms with van der Waals surface area (Å²) in [6, 6.07) is 7.65. The predicted octanol–water partition coefficient (Wildman–Crippen LogP) is 4.34. The topological polar surface area (TPSA) is 74.0 Å². The van der Waals surface area contributed by atoms with Crippen molar-refractivity contribution >= 4 is 16.8 Å². The van der Waals surface area contributed by atoms with Crippen LogP contribution >= 0.6 is 0 Å². The molecule has 0 aliphatic rings. The zero-order valence-electron chi connectivity index (χ0n) is 16.9. The number of carbonyl (C=O) groups excluding carboxylic acids is 1. The molecule has 0 fully saturated rings. The van der Waals surface area contributed by atoms with Crippen LogP contribution in [-0.2, 0) is 17.7 Å². The highest BCUT2D eigenvalue weighted by atomic mass is 16.7. The molecule has 3 aromatic rings. The van der Waals surface area contributed by atoms with Crippen molar-refractivity contribution in [2.45, 2.75) is 40.5 Å². The summed E-state index contributed by atoms with van der Waals surface area (Å²) in [7, 11) is 3.08. The maximum Gasteiger partial charge on any atom is 0.277 e. The van der Waals surface area contributed by atoms with Gasteiger partial charge in [-0.1, -0.05) is 27.7 Å². The minimum absolute atomic E-state index is 0.177. The van der Waals surface area contributed by atoms with Crippen LogP contribution in [0, 0.1) is 5.41 Å². The van der Waals surface area contributed by atoms with E-state index in [-0.39, 0.29) is 11.3 Å². The van der Waals surface area contributed by atoms with E-state index in [0.29, 0.717) is 5.56 Å². The fraction of sp³-hybridized carbons (Fsp3) is 0.429. The Morgan fingerprint density at radius 1 is 1.26 bits per heavy atom. The number of carbonyl (C=O) groups is 1. The van der Waals surface area contributed by atoms with Crippen molar-refractivity contribution < 1.29 is 9.63 Å². The van der Waals surface area contributed by atoms with E-state index in [4.69, 9.17) is 4.84 Å². The van der Waals surface area contributed by atoms with E-state index >= 15 is 0 Å². The summed E-state index contributed by atoms with van der Waals surface area (Å²) >= 11 is 0. The van der Waals surface area contributed by atoms with Crippen LogP contribution in [0.25, 0.3) is 22.3 Å². The molecular weight excluding hydrogens is 340 g/mol. The fourth-order valence-electron chi connectivity index (χ4n) is 3.34. The van der Waals surface area contributed by atoms with Crippen LogP contribution in [0.3, 0.4) is 0 Å². The van der Waals surface area contributed by atoms with Gasteiger partial charge in [0.25, 0.3) is 5.91 Å². The van der Waals surface area contributed by atoms with Crippen molar-refractivity contribution in [3.8, 4) is 11.4 Å². The van der Waals surface area contributed by atoms with E-state index in [0.717, 1.165) is 35.1 Å². The van der Waals surface area contributed by atoms with Gasteiger partial charge in [0.2, 0.25) is 0 Å². The SMILES string of the molecule is CCc1c(-c2cc3cc(C(=O)N(C)OC)ccc3[nH]2)n[nH]c1CC(C)(C)C. The minimum atomic E-state index is -0.177. The van der Waals surface area contributed by atoms with Crippen molar-refractivity contribution in [3.63, 3.8) is 0 Å². The Morgan fingerprint density at radius 3 is 2.63 bits per heavy atom. The van der Waals surface area contributed by atoms with Crippen molar-refractivity contribution in [1.29, 1.82) is 0 Å². The van der Waals surface area contributed by atoms with Gasteiger partial charge in [-0.3, -0.25) is 14.7 Å². The normalized spacial score (nSPS) is 11.9. The molecule has 0 saturated carbocycles. The molecule has 0 radical (unpaired) electrons. The molecule has 6 heteroatoms. The first-order chi connectivity index (χ1) is 12.7. The van der Waals surface area contributed by atoms with E-state index in [1.165, 1.54) is 23.4 Å². The lowest BCUT2D eigenvalue weighted by Crippen LogP contribution is -2.25. The van der Waals surface area contributed by atoms with Crippen LogP contribution in [0.4, 0.5) is 0 Å². The van der Waals surface area contributed by atoms with Gasteiger partial charge < -0.3 is 4.98 Å². The lowest BCUT2D eigenvalue weighted by Gasteiger charge is -2.17. The number of hydroxylamine groups is 2. The Bertz CT molecular complexity index is 962. The molecule has 144 valence electrons. The lowest BCUT2D eigenvalue weighted by atomic mass is 9.88. The second-order valence-electron chi connectivity index (χ2n) is 8.09. The first-order valence-electron chi connectivity index (χ1n) is 9.25. The molecule has 0 atom stereocenters. The molecule has 0 spiro atoms. The first-order valence-corrected chi connectivity index (χ1v) is 9.25. The molecule has 1 aromatic carbocycles. The van der Waals surface area contributed by atoms with Crippen LogP contribution < -0.4 is 0 Å². The number of hydrogen-bond acceptors (Lipinski definition) is 3. The smallest absolute Gasteiger partial charge is 0.277 e. The summed E-state index contributed by atoms with van der Waals surface area (Å²) in [5, 5.41) is 10.0. The number of nitrogens with zero attached hydrogens (tertiary/aromatic N) is 2. The molecule has 0 bridgehead atoms. The number of fused-ring (bicyclic) bond motifs is 1. The zero-order chi connectivity index (χ0) is 19.8. The molecule has 27 heavy (non-hydrogen) atoms. The summed E-state index contributed by atoms with van der Waals surface area (Å²) in [6.07, 6.45) is 1.86. The number of rotatable bonds is 5. The Balaban J connectivity index is 2.00. The van der Waals surface area contributed by atoms with E-state index < -0.39 is 0 Å².